The van der Waals surface area contributed by atoms with Crippen molar-refractivity contribution in [1.82, 2.24) is 4.98 Å². The molecule has 0 amide bonds. The summed E-state index contributed by atoms with van der Waals surface area (Å²) in [6, 6.07) is 6.46. The normalized spacial score (nSPS) is 10.4. The maximum absolute atomic E-state index is 13.2. The van der Waals surface area contributed by atoms with Crippen LogP contribution in [0.1, 0.15) is 12.5 Å². The van der Waals surface area contributed by atoms with Crippen LogP contribution in [0.5, 0.6) is 5.75 Å². The molecule has 0 saturated carbocycles. The monoisotopic (exact) mass is 246 g/mol. The number of aromatic nitrogens is 1. The molecule has 0 aliphatic rings. The summed E-state index contributed by atoms with van der Waals surface area (Å²) in [5.41, 5.74) is 8.15. The fourth-order valence-corrected chi connectivity index (χ4v) is 1.82. The van der Waals surface area contributed by atoms with Crippen LogP contribution in [0.2, 0.25) is 0 Å². The first-order chi connectivity index (χ1) is 8.74. The lowest BCUT2D eigenvalue weighted by Crippen LogP contribution is -2.00. The van der Waals surface area contributed by atoms with E-state index >= 15 is 0 Å². The number of benzene rings is 1. The van der Waals surface area contributed by atoms with Gasteiger partial charge in [0.2, 0.25) is 0 Å². The van der Waals surface area contributed by atoms with Crippen molar-refractivity contribution < 1.29 is 9.13 Å². The van der Waals surface area contributed by atoms with Crippen molar-refractivity contribution in [3.63, 3.8) is 0 Å². The minimum absolute atomic E-state index is 0.284. The molecule has 0 spiro atoms. The molecule has 4 heteroatoms. The van der Waals surface area contributed by atoms with E-state index in [-0.39, 0.29) is 12.4 Å². The maximum Gasteiger partial charge on any atom is 0.138 e. The van der Waals surface area contributed by atoms with E-state index in [1.807, 2.05) is 13.0 Å². The van der Waals surface area contributed by atoms with Crippen molar-refractivity contribution in [2.24, 2.45) is 5.73 Å². The third-order valence-corrected chi connectivity index (χ3v) is 2.62. The van der Waals surface area contributed by atoms with Gasteiger partial charge in [0.1, 0.15) is 11.6 Å². The molecule has 0 aliphatic heterocycles. The molecule has 2 N–H and O–H groups in total. The van der Waals surface area contributed by atoms with Crippen LogP contribution < -0.4 is 10.5 Å². The van der Waals surface area contributed by atoms with Crippen molar-refractivity contribution in [3.8, 4) is 16.9 Å². The summed E-state index contributed by atoms with van der Waals surface area (Å²) in [6.45, 7) is 2.78. The molecule has 2 rings (SSSR count). The molecule has 0 unspecified atom stereocenters. The van der Waals surface area contributed by atoms with Gasteiger partial charge in [0.25, 0.3) is 0 Å². The minimum atomic E-state index is -0.284. The van der Waals surface area contributed by atoms with E-state index in [4.69, 9.17) is 10.5 Å². The highest BCUT2D eigenvalue weighted by Crippen LogP contribution is 2.26. The van der Waals surface area contributed by atoms with E-state index < -0.39 is 0 Å². The second-order valence-corrected chi connectivity index (χ2v) is 3.85. The van der Waals surface area contributed by atoms with E-state index in [9.17, 15) is 4.39 Å². The van der Waals surface area contributed by atoms with Crippen LogP contribution in [-0.2, 0) is 6.54 Å². The van der Waals surface area contributed by atoms with Crippen molar-refractivity contribution in [2.75, 3.05) is 6.61 Å². The molecule has 0 atom stereocenters. The van der Waals surface area contributed by atoms with Gasteiger partial charge in [-0.25, -0.2) is 4.39 Å². The summed E-state index contributed by atoms with van der Waals surface area (Å²) < 4.78 is 18.6. The smallest absolute Gasteiger partial charge is 0.138 e. The number of ether oxygens (including phenoxy) is 1. The Kier molecular flexibility index (Phi) is 3.89. The van der Waals surface area contributed by atoms with E-state index in [1.165, 1.54) is 12.1 Å². The summed E-state index contributed by atoms with van der Waals surface area (Å²) in [4.78, 5) is 4.12. The van der Waals surface area contributed by atoms with E-state index in [2.05, 4.69) is 4.98 Å². The number of nitrogens with two attached hydrogens (primary N) is 1. The Hall–Kier alpha value is -1.94. The first-order valence-corrected chi connectivity index (χ1v) is 5.81. The standard InChI is InChI=1S/C14H15FN2O/c1-2-18-13-6-11(8-17-9-13)14-4-3-12(15)5-10(14)7-16/h3-6,8-9H,2,7,16H2,1H3. The van der Waals surface area contributed by atoms with Crippen molar-refractivity contribution >= 4 is 0 Å². The van der Waals surface area contributed by atoms with Crippen LogP contribution in [0, 0.1) is 5.82 Å². The molecule has 1 aromatic heterocycles. The van der Waals surface area contributed by atoms with Crippen LogP contribution in [0.4, 0.5) is 4.39 Å². The highest BCUT2D eigenvalue weighted by atomic mass is 19.1. The van der Waals surface area contributed by atoms with Crippen LogP contribution in [0.25, 0.3) is 11.1 Å². The first-order valence-electron chi connectivity index (χ1n) is 5.81. The van der Waals surface area contributed by atoms with Crippen molar-refractivity contribution in [1.29, 1.82) is 0 Å². The Labute approximate surface area is 105 Å². The van der Waals surface area contributed by atoms with Gasteiger partial charge in [0.15, 0.2) is 0 Å². The second-order valence-electron chi connectivity index (χ2n) is 3.85. The Morgan fingerprint density at radius 3 is 2.83 bits per heavy atom. The van der Waals surface area contributed by atoms with Gasteiger partial charge in [-0.15, -0.1) is 0 Å². The van der Waals surface area contributed by atoms with E-state index in [1.54, 1.807) is 18.5 Å². The zero-order valence-corrected chi connectivity index (χ0v) is 10.2. The van der Waals surface area contributed by atoms with E-state index in [0.29, 0.717) is 12.4 Å². The molecule has 0 radical (unpaired) electrons. The Balaban J connectivity index is 2.44. The van der Waals surface area contributed by atoms with Gasteiger partial charge >= 0.3 is 0 Å². The van der Waals surface area contributed by atoms with Crippen LogP contribution >= 0.6 is 0 Å². The fourth-order valence-electron chi connectivity index (χ4n) is 1.82. The van der Waals surface area contributed by atoms with Gasteiger partial charge in [-0.2, -0.15) is 0 Å². The van der Waals surface area contributed by atoms with Crippen molar-refractivity contribution in [2.45, 2.75) is 13.5 Å². The van der Waals surface area contributed by atoms with Crippen LogP contribution in [-0.4, -0.2) is 11.6 Å². The molecule has 2 aromatic rings. The molecule has 1 aromatic carbocycles. The predicted octanol–water partition coefficient (Wildman–Crippen LogP) is 2.75. The molecule has 0 fully saturated rings. The number of rotatable bonds is 4. The molecule has 0 bridgehead atoms. The molecule has 3 nitrogen and oxygen atoms in total. The average Bonchev–Trinajstić information content (AvgIpc) is 2.39. The van der Waals surface area contributed by atoms with Gasteiger partial charge in [-0.3, -0.25) is 4.98 Å². The summed E-state index contributed by atoms with van der Waals surface area (Å²) in [5, 5.41) is 0. The quantitative estimate of drug-likeness (QED) is 0.902. The summed E-state index contributed by atoms with van der Waals surface area (Å²) >= 11 is 0. The molecule has 1 heterocycles. The van der Waals surface area contributed by atoms with Crippen molar-refractivity contribution in [3.05, 3.63) is 48.0 Å². The summed E-state index contributed by atoms with van der Waals surface area (Å²) in [7, 11) is 0. The average molecular weight is 246 g/mol. The highest BCUT2D eigenvalue weighted by Gasteiger charge is 2.07. The molecule has 0 saturated heterocycles. The maximum atomic E-state index is 13.2. The Morgan fingerprint density at radius 1 is 1.28 bits per heavy atom. The fraction of sp³-hybridized carbons (Fsp3) is 0.214. The Morgan fingerprint density at radius 2 is 2.11 bits per heavy atom. The predicted molar refractivity (Wildman–Crippen MR) is 68.7 cm³/mol. The summed E-state index contributed by atoms with van der Waals surface area (Å²) in [5.74, 6) is 0.412. The van der Waals surface area contributed by atoms with Gasteiger partial charge in [0, 0.05) is 18.3 Å². The number of hydrogen-bond donors (Lipinski definition) is 1. The number of hydrogen-bond acceptors (Lipinski definition) is 3. The SMILES string of the molecule is CCOc1cncc(-c2ccc(F)cc2CN)c1. The molecular formula is C14H15FN2O. The molecule has 18 heavy (non-hydrogen) atoms. The second kappa shape index (κ2) is 5.60. The van der Waals surface area contributed by atoms with Gasteiger partial charge in [-0.1, -0.05) is 6.07 Å². The topological polar surface area (TPSA) is 48.1 Å². The number of pyridine rings is 1. The van der Waals surface area contributed by atoms with Gasteiger partial charge in [0.05, 0.1) is 12.8 Å². The minimum Gasteiger partial charge on any atom is -0.492 e. The zero-order valence-electron chi connectivity index (χ0n) is 10.2. The highest BCUT2D eigenvalue weighted by molar-refractivity contribution is 5.67. The molecular weight excluding hydrogens is 231 g/mol. The summed E-state index contributed by atoms with van der Waals surface area (Å²) in [6.07, 6.45) is 3.37. The Bertz CT molecular complexity index is 543. The van der Waals surface area contributed by atoms with Gasteiger partial charge < -0.3 is 10.5 Å². The zero-order chi connectivity index (χ0) is 13.0. The molecule has 94 valence electrons. The first kappa shape index (κ1) is 12.5. The third-order valence-electron chi connectivity index (χ3n) is 2.62. The third kappa shape index (κ3) is 2.65. The lowest BCUT2D eigenvalue weighted by Gasteiger charge is -2.09. The number of nitrogens with zero attached hydrogens (tertiary/aromatic N) is 1. The number of halogens is 1. The van der Waals surface area contributed by atoms with Crippen LogP contribution in [0.3, 0.4) is 0 Å². The molecule has 0 aliphatic carbocycles. The van der Waals surface area contributed by atoms with Crippen LogP contribution in [0.15, 0.2) is 36.7 Å². The van der Waals surface area contributed by atoms with Gasteiger partial charge in [-0.05, 0) is 36.2 Å². The largest absolute Gasteiger partial charge is 0.492 e. The lowest BCUT2D eigenvalue weighted by molar-refractivity contribution is 0.339. The van der Waals surface area contributed by atoms with E-state index in [0.717, 1.165) is 16.7 Å². The lowest BCUT2D eigenvalue weighted by atomic mass is 10.0.